The van der Waals surface area contributed by atoms with Crippen molar-refractivity contribution in [2.45, 2.75) is 18.9 Å². The lowest BCUT2D eigenvalue weighted by molar-refractivity contribution is 0.145. The zero-order valence-electron chi connectivity index (χ0n) is 8.43. The molecule has 1 aromatic heterocycles. The minimum Gasteiger partial charge on any atom is -0.393 e. The van der Waals surface area contributed by atoms with Gasteiger partial charge in [-0.15, -0.1) is 0 Å². The smallest absolute Gasteiger partial charge is 0.101 e. The number of piperidine rings is 1. The molecule has 1 aromatic rings. The molecule has 0 amide bonds. The van der Waals surface area contributed by atoms with Crippen LogP contribution in [0.1, 0.15) is 18.4 Å². The van der Waals surface area contributed by atoms with E-state index in [-0.39, 0.29) is 6.10 Å². The maximum absolute atomic E-state index is 9.39. The fourth-order valence-electron chi connectivity index (χ4n) is 1.84. The van der Waals surface area contributed by atoms with Crippen LogP contribution in [-0.4, -0.2) is 29.3 Å². The minimum absolute atomic E-state index is 0.191. The molecule has 0 radical (unpaired) electrons. The van der Waals surface area contributed by atoms with Crippen LogP contribution in [0.4, 0.5) is 5.69 Å². The number of nitriles is 1. The number of rotatable bonds is 1. The summed E-state index contributed by atoms with van der Waals surface area (Å²) < 4.78 is 0. The summed E-state index contributed by atoms with van der Waals surface area (Å²) in [6.07, 6.45) is 4.68. The first kappa shape index (κ1) is 9.94. The van der Waals surface area contributed by atoms with Crippen LogP contribution in [0.5, 0.6) is 0 Å². The molecule has 1 saturated heterocycles. The largest absolute Gasteiger partial charge is 0.393 e. The third-order valence-corrected chi connectivity index (χ3v) is 2.73. The molecule has 1 fully saturated rings. The maximum Gasteiger partial charge on any atom is 0.101 e. The second kappa shape index (κ2) is 4.28. The van der Waals surface area contributed by atoms with E-state index in [0.717, 1.165) is 31.6 Å². The highest BCUT2D eigenvalue weighted by atomic mass is 16.3. The molecule has 0 saturated carbocycles. The third kappa shape index (κ3) is 2.08. The highest BCUT2D eigenvalue weighted by Gasteiger charge is 2.19. The summed E-state index contributed by atoms with van der Waals surface area (Å²) in [5, 5.41) is 18.3. The average molecular weight is 203 g/mol. The molecular formula is C11H13N3O. The summed E-state index contributed by atoms with van der Waals surface area (Å²) in [4.78, 5) is 6.14. The number of anilines is 1. The summed E-state index contributed by atoms with van der Waals surface area (Å²) in [6, 6.07) is 3.88. The Kier molecular flexibility index (Phi) is 2.84. The molecule has 0 aliphatic carbocycles. The van der Waals surface area contributed by atoms with Crippen molar-refractivity contribution in [1.29, 1.82) is 5.26 Å². The summed E-state index contributed by atoms with van der Waals surface area (Å²) in [5.41, 5.74) is 1.54. The molecule has 15 heavy (non-hydrogen) atoms. The molecule has 4 heteroatoms. The van der Waals surface area contributed by atoms with E-state index in [1.807, 2.05) is 0 Å². The Bertz CT molecular complexity index is 378. The van der Waals surface area contributed by atoms with Gasteiger partial charge in [-0.3, -0.25) is 4.98 Å². The Morgan fingerprint density at radius 2 is 2.20 bits per heavy atom. The molecule has 2 rings (SSSR count). The first-order chi connectivity index (χ1) is 7.31. The lowest BCUT2D eigenvalue weighted by Crippen LogP contribution is -2.36. The summed E-state index contributed by atoms with van der Waals surface area (Å²) >= 11 is 0. The minimum atomic E-state index is -0.191. The van der Waals surface area contributed by atoms with Crippen LogP contribution in [0.15, 0.2) is 18.5 Å². The Balaban J connectivity index is 2.19. The van der Waals surface area contributed by atoms with Gasteiger partial charge in [-0.1, -0.05) is 0 Å². The fourth-order valence-corrected chi connectivity index (χ4v) is 1.84. The van der Waals surface area contributed by atoms with E-state index < -0.39 is 0 Å². The molecule has 0 atom stereocenters. The topological polar surface area (TPSA) is 60.2 Å². The van der Waals surface area contributed by atoms with E-state index in [2.05, 4.69) is 16.0 Å². The second-order valence-corrected chi connectivity index (χ2v) is 3.72. The van der Waals surface area contributed by atoms with Crippen molar-refractivity contribution in [2.24, 2.45) is 0 Å². The lowest BCUT2D eigenvalue weighted by Gasteiger charge is -2.31. The Morgan fingerprint density at radius 1 is 1.47 bits per heavy atom. The lowest BCUT2D eigenvalue weighted by atomic mass is 10.1. The van der Waals surface area contributed by atoms with Crippen LogP contribution in [0.25, 0.3) is 0 Å². The van der Waals surface area contributed by atoms with E-state index in [1.54, 1.807) is 18.5 Å². The second-order valence-electron chi connectivity index (χ2n) is 3.72. The predicted octanol–water partition coefficient (Wildman–Crippen LogP) is 0.914. The first-order valence-electron chi connectivity index (χ1n) is 5.08. The van der Waals surface area contributed by atoms with Gasteiger partial charge >= 0.3 is 0 Å². The van der Waals surface area contributed by atoms with Crippen LogP contribution in [0.2, 0.25) is 0 Å². The molecule has 0 unspecified atom stereocenters. The quantitative estimate of drug-likeness (QED) is 0.737. The van der Waals surface area contributed by atoms with Crippen molar-refractivity contribution in [3.05, 3.63) is 24.0 Å². The van der Waals surface area contributed by atoms with E-state index >= 15 is 0 Å². The van der Waals surface area contributed by atoms with Gasteiger partial charge in [-0.25, -0.2) is 0 Å². The van der Waals surface area contributed by atoms with Crippen LogP contribution in [-0.2, 0) is 0 Å². The van der Waals surface area contributed by atoms with Crippen LogP contribution in [0, 0.1) is 11.3 Å². The van der Waals surface area contributed by atoms with Crippen molar-refractivity contribution < 1.29 is 5.11 Å². The molecule has 1 N–H and O–H groups in total. The van der Waals surface area contributed by atoms with Crippen LogP contribution in [0.3, 0.4) is 0 Å². The first-order valence-corrected chi connectivity index (χ1v) is 5.08. The maximum atomic E-state index is 9.39. The van der Waals surface area contributed by atoms with Crippen molar-refractivity contribution in [3.63, 3.8) is 0 Å². The molecule has 78 valence electrons. The standard InChI is InChI=1S/C11H13N3O/c12-7-9-1-4-13-8-11(9)14-5-2-10(15)3-6-14/h1,4,8,10,15H,2-3,5-6H2. The van der Waals surface area contributed by atoms with E-state index in [0.29, 0.717) is 5.56 Å². The normalized spacial score (nSPS) is 17.5. The average Bonchev–Trinajstić information content (AvgIpc) is 2.30. The summed E-state index contributed by atoms with van der Waals surface area (Å²) in [6.45, 7) is 1.59. The number of aliphatic hydroxyl groups is 1. The Morgan fingerprint density at radius 3 is 2.87 bits per heavy atom. The number of hydrogen-bond donors (Lipinski definition) is 1. The molecule has 0 bridgehead atoms. The van der Waals surface area contributed by atoms with E-state index in [1.165, 1.54) is 0 Å². The highest BCUT2D eigenvalue weighted by Crippen LogP contribution is 2.22. The van der Waals surface area contributed by atoms with E-state index in [4.69, 9.17) is 5.26 Å². The fraction of sp³-hybridized carbons (Fsp3) is 0.455. The van der Waals surface area contributed by atoms with Crippen molar-refractivity contribution in [2.75, 3.05) is 18.0 Å². The molecule has 4 nitrogen and oxygen atoms in total. The number of nitrogens with zero attached hydrogens (tertiary/aromatic N) is 3. The van der Waals surface area contributed by atoms with Crippen molar-refractivity contribution >= 4 is 5.69 Å². The van der Waals surface area contributed by atoms with Gasteiger partial charge in [0.15, 0.2) is 0 Å². The molecule has 1 aliphatic heterocycles. The van der Waals surface area contributed by atoms with Crippen LogP contribution >= 0.6 is 0 Å². The predicted molar refractivity (Wildman–Crippen MR) is 56.4 cm³/mol. The Hall–Kier alpha value is -1.60. The third-order valence-electron chi connectivity index (χ3n) is 2.73. The monoisotopic (exact) mass is 203 g/mol. The van der Waals surface area contributed by atoms with Crippen LogP contribution < -0.4 is 4.90 Å². The van der Waals surface area contributed by atoms with Gasteiger partial charge in [0, 0.05) is 19.3 Å². The SMILES string of the molecule is N#Cc1ccncc1N1CCC(O)CC1. The zero-order valence-corrected chi connectivity index (χ0v) is 8.43. The molecule has 0 spiro atoms. The molecule has 0 aromatic carbocycles. The van der Waals surface area contributed by atoms with Gasteiger partial charge in [0.2, 0.25) is 0 Å². The van der Waals surface area contributed by atoms with Crippen molar-refractivity contribution in [1.82, 2.24) is 4.98 Å². The Labute approximate surface area is 88.8 Å². The molecular weight excluding hydrogens is 190 g/mol. The van der Waals surface area contributed by atoms with Gasteiger partial charge in [-0.05, 0) is 18.9 Å². The van der Waals surface area contributed by atoms with Gasteiger partial charge in [0.25, 0.3) is 0 Å². The number of aliphatic hydroxyl groups excluding tert-OH is 1. The highest BCUT2D eigenvalue weighted by molar-refractivity contribution is 5.57. The van der Waals surface area contributed by atoms with E-state index in [9.17, 15) is 5.11 Å². The van der Waals surface area contributed by atoms with Gasteiger partial charge < -0.3 is 10.0 Å². The van der Waals surface area contributed by atoms with Gasteiger partial charge in [-0.2, -0.15) is 5.26 Å². The van der Waals surface area contributed by atoms with Gasteiger partial charge in [0.05, 0.1) is 23.6 Å². The summed E-state index contributed by atoms with van der Waals surface area (Å²) in [5.74, 6) is 0. The number of pyridine rings is 1. The van der Waals surface area contributed by atoms with Crippen molar-refractivity contribution in [3.8, 4) is 6.07 Å². The summed E-state index contributed by atoms with van der Waals surface area (Å²) in [7, 11) is 0. The molecule has 1 aliphatic rings. The number of hydrogen-bond acceptors (Lipinski definition) is 4. The van der Waals surface area contributed by atoms with Gasteiger partial charge in [0.1, 0.15) is 6.07 Å². The zero-order chi connectivity index (χ0) is 10.7. The molecule has 2 heterocycles. The number of aromatic nitrogens is 1.